The van der Waals surface area contributed by atoms with Crippen LogP contribution in [-0.2, 0) is 6.42 Å². The minimum absolute atomic E-state index is 0.647. The Balaban J connectivity index is 2.53. The van der Waals surface area contributed by atoms with Gasteiger partial charge in [-0.05, 0) is 36.8 Å². The first kappa shape index (κ1) is 10.3. The highest BCUT2D eigenvalue weighted by Gasteiger charge is 2.21. The summed E-state index contributed by atoms with van der Waals surface area (Å²) in [6.07, 6.45) is 3.64. The topological polar surface area (TPSA) is 18.5 Å². The zero-order valence-electron chi connectivity index (χ0n) is 9.67. The van der Waals surface area contributed by atoms with Crippen LogP contribution in [0.15, 0.2) is 12.1 Å². The van der Waals surface area contributed by atoms with Crippen molar-refractivity contribution in [1.29, 1.82) is 0 Å². The normalized spacial score (nSPS) is 19.5. The SMILES string of the molecule is COc1ccc2c(c1OC)CCCC2C. The minimum Gasteiger partial charge on any atom is -0.493 e. The van der Waals surface area contributed by atoms with Crippen LogP contribution in [0.2, 0.25) is 0 Å². The van der Waals surface area contributed by atoms with Crippen molar-refractivity contribution < 1.29 is 9.47 Å². The van der Waals surface area contributed by atoms with Gasteiger partial charge < -0.3 is 9.47 Å². The molecule has 1 atom stereocenters. The fourth-order valence-electron chi connectivity index (χ4n) is 2.47. The van der Waals surface area contributed by atoms with Crippen LogP contribution in [0.3, 0.4) is 0 Å². The first-order chi connectivity index (χ1) is 7.27. The van der Waals surface area contributed by atoms with Crippen molar-refractivity contribution in [1.82, 2.24) is 0 Å². The largest absolute Gasteiger partial charge is 0.493 e. The highest BCUT2D eigenvalue weighted by molar-refractivity contribution is 5.52. The maximum Gasteiger partial charge on any atom is 0.164 e. The molecule has 0 radical (unpaired) electrons. The van der Waals surface area contributed by atoms with E-state index >= 15 is 0 Å². The quantitative estimate of drug-likeness (QED) is 0.740. The molecule has 1 aromatic rings. The van der Waals surface area contributed by atoms with Gasteiger partial charge in [-0.2, -0.15) is 0 Å². The Morgan fingerprint density at radius 3 is 2.67 bits per heavy atom. The van der Waals surface area contributed by atoms with Crippen LogP contribution in [0, 0.1) is 0 Å². The number of fused-ring (bicyclic) bond motifs is 1. The Kier molecular flexibility index (Phi) is 2.85. The van der Waals surface area contributed by atoms with E-state index in [0.717, 1.165) is 17.9 Å². The molecule has 0 heterocycles. The smallest absolute Gasteiger partial charge is 0.164 e. The third-order valence-corrected chi connectivity index (χ3v) is 3.28. The lowest BCUT2D eigenvalue weighted by molar-refractivity contribution is 0.348. The summed E-state index contributed by atoms with van der Waals surface area (Å²) in [7, 11) is 3.41. The van der Waals surface area contributed by atoms with Gasteiger partial charge in [0, 0.05) is 5.56 Å². The molecule has 0 spiro atoms. The summed E-state index contributed by atoms with van der Waals surface area (Å²) < 4.78 is 10.8. The number of hydrogen-bond acceptors (Lipinski definition) is 2. The molecular formula is C13H18O2. The van der Waals surface area contributed by atoms with E-state index in [-0.39, 0.29) is 0 Å². The second kappa shape index (κ2) is 4.13. The maximum absolute atomic E-state index is 5.46. The van der Waals surface area contributed by atoms with E-state index in [0.29, 0.717) is 5.92 Å². The Morgan fingerprint density at radius 1 is 1.20 bits per heavy atom. The van der Waals surface area contributed by atoms with Crippen molar-refractivity contribution in [2.75, 3.05) is 14.2 Å². The summed E-state index contributed by atoms with van der Waals surface area (Å²) in [6, 6.07) is 4.19. The predicted molar refractivity (Wildman–Crippen MR) is 60.9 cm³/mol. The number of ether oxygens (including phenoxy) is 2. The molecule has 0 bridgehead atoms. The van der Waals surface area contributed by atoms with Crippen LogP contribution in [0.5, 0.6) is 11.5 Å². The number of benzene rings is 1. The van der Waals surface area contributed by atoms with Crippen molar-refractivity contribution in [3.63, 3.8) is 0 Å². The summed E-state index contributed by atoms with van der Waals surface area (Å²) in [4.78, 5) is 0. The fourth-order valence-corrected chi connectivity index (χ4v) is 2.47. The average Bonchev–Trinajstić information content (AvgIpc) is 2.28. The molecule has 0 aromatic heterocycles. The van der Waals surface area contributed by atoms with Gasteiger partial charge in [0.2, 0.25) is 0 Å². The van der Waals surface area contributed by atoms with Crippen LogP contribution in [-0.4, -0.2) is 14.2 Å². The minimum atomic E-state index is 0.647. The number of methoxy groups -OCH3 is 2. The molecule has 0 saturated heterocycles. The standard InChI is InChI=1S/C13H18O2/c1-9-5-4-6-11-10(9)7-8-12(14-2)13(11)15-3/h7-9H,4-6H2,1-3H3. The van der Waals surface area contributed by atoms with Crippen molar-refractivity contribution in [3.05, 3.63) is 23.3 Å². The second-order valence-corrected chi connectivity index (χ2v) is 4.16. The van der Waals surface area contributed by atoms with Crippen molar-refractivity contribution in [2.45, 2.75) is 32.1 Å². The molecule has 0 amide bonds. The van der Waals surface area contributed by atoms with Crippen molar-refractivity contribution in [2.24, 2.45) is 0 Å². The van der Waals surface area contributed by atoms with Gasteiger partial charge >= 0.3 is 0 Å². The van der Waals surface area contributed by atoms with Crippen LogP contribution < -0.4 is 9.47 Å². The molecule has 0 N–H and O–H groups in total. The maximum atomic E-state index is 5.46. The van der Waals surface area contributed by atoms with Gasteiger partial charge in [0.15, 0.2) is 11.5 Å². The van der Waals surface area contributed by atoms with Crippen LogP contribution in [0.4, 0.5) is 0 Å². The molecule has 0 saturated carbocycles. The van der Waals surface area contributed by atoms with Gasteiger partial charge in [0.1, 0.15) is 0 Å². The van der Waals surface area contributed by atoms with E-state index in [2.05, 4.69) is 13.0 Å². The summed E-state index contributed by atoms with van der Waals surface area (Å²) >= 11 is 0. The molecule has 1 aliphatic rings. The Hall–Kier alpha value is -1.18. The van der Waals surface area contributed by atoms with Gasteiger partial charge in [-0.15, -0.1) is 0 Å². The fraction of sp³-hybridized carbons (Fsp3) is 0.538. The zero-order chi connectivity index (χ0) is 10.8. The average molecular weight is 206 g/mol. The summed E-state index contributed by atoms with van der Waals surface area (Å²) in [5.41, 5.74) is 2.77. The molecule has 15 heavy (non-hydrogen) atoms. The lowest BCUT2D eigenvalue weighted by Crippen LogP contribution is -2.09. The van der Waals surface area contributed by atoms with E-state index in [4.69, 9.17) is 9.47 Å². The van der Waals surface area contributed by atoms with Crippen LogP contribution in [0.25, 0.3) is 0 Å². The van der Waals surface area contributed by atoms with Crippen molar-refractivity contribution >= 4 is 0 Å². The van der Waals surface area contributed by atoms with Crippen LogP contribution in [0.1, 0.15) is 36.8 Å². The molecule has 1 unspecified atom stereocenters. The highest BCUT2D eigenvalue weighted by atomic mass is 16.5. The van der Waals surface area contributed by atoms with E-state index in [9.17, 15) is 0 Å². The molecule has 2 nitrogen and oxygen atoms in total. The molecule has 1 aromatic carbocycles. The van der Waals surface area contributed by atoms with Gasteiger partial charge in [0.25, 0.3) is 0 Å². The lowest BCUT2D eigenvalue weighted by atomic mass is 9.83. The molecular weight excluding hydrogens is 188 g/mol. The van der Waals surface area contributed by atoms with Gasteiger partial charge in [-0.25, -0.2) is 0 Å². The summed E-state index contributed by atoms with van der Waals surface area (Å²) in [5, 5.41) is 0. The molecule has 0 fully saturated rings. The van der Waals surface area contributed by atoms with E-state index in [1.54, 1.807) is 14.2 Å². The molecule has 82 valence electrons. The summed E-state index contributed by atoms with van der Waals surface area (Å²) in [5.74, 6) is 2.43. The highest BCUT2D eigenvalue weighted by Crippen LogP contribution is 2.41. The van der Waals surface area contributed by atoms with E-state index in [1.165, 1.54) is 24.0 Å². The predicted octanol–water partition coefficient (Wildman–Crippen LogP) is 3.14. The molecule has 2 heteroatoms. The van der Waals surface area contributed by atoms with Gasteiger partial charge in [-0.1, -0.05) is 13.0 Å². The first-order valence-corrected chi connectivity index (χ1v) is 5.51. The van der Waals surface area contributed by atoms with Crippen LogP contribution >= 0.6 is 0 Å². The van der Waals surface area contributed by atoms with Gasteiger partial charge in [0.05, 0.1) is 14.2 Å². The Morgan fingerprint density at radius 2 is 2.00 bits per heavy atom. The lowest BCUT2D eigenvalue weighted by Gasteiger charge is -2.25. The zero-order valence-corrected chi connectivity index (χ0v) is 9.67. The monoisotopic (exact) mass is 206 g/mol. The van der Waals surface area contributed by atoms with E-state index < -0.39 is 0 Å². The number of rotatable bonds is 2. The molecule has 1 aliphatic carbocycles. The van der Waals surface area contributed by atoms with Crippen molar-refractivity contribution in [3.8, 4) is 11.5 Å². The third-order valence-electron chi connectivity index (χ3n) is 3.28. The third kappa shape index (κ3) is 1.69. The Labute approximate surface area is 91.2 Å². The molecule has 0 aliphatic heterocycles. The number of hydrogen-bond donors (Lipinski definition) is 0. The van der Waals surface area contributed by atoms with Gasteiger partial charge in [-0.3, -0.25) is 0 Å². The summed E-state index contributed by atoms with van der Waals surface area (Å²) in [6.45, 7) is 2.28. The van der Waals surface area contributed by atoms with E-state index in [1.807, 2.05) is 6.07 Å². The molecule has 2 rings (SSSR count). The Bertz CT molecular complexity index is 358. The second-order valence-electron chi connectivity index (χ2n) is 4.16. The first-order valence-electron chi connectivity index (χ1n) is 5.51.